The Labute approximate surface area is 132 Å². The van der Waals surface area contributed by atoms with Crippen molar-refractivity contribution in [3.8, 4) is 0 Å². The van der Waals surface area contributed by atoms with Crippen LogP contribution < -0.4 is 5.32 Å². The van der Waals surface area contributed by atoms with Crippen LogP contribution in [0.1, 0.15) is 32.1 Å². The summed E-state index contributed by atoms with van der Waals surface area (Å²) in [6.45, 7) is 2.19. The highest BCUT2D eigenvalue weighted by Crippen LogP contribution is 2.13. The molecule has 2 aromatic carbocycles. The molecule has 1 heterocycles. The molecule has 6 heteroatoms. The fraction of sp³-hybridized carbons (Fsp3) is 0.118. The second kappa shape index (κ2) is 5.92. The van der Waals surface area contributed by atoms with Crippen LogP contribution in [-0.4, -0.2) is 27.0 Å². The molecular weight excluding hydrogens is 294 g/mol. The van der Waals surface area contributed by atoms with Gasteiger partial charge in [0.25, 0.3) is 5.91 Å². The first-order valence-corrected chi connectivity index (χ1v) is 7.10. The van der Waals surface area contributed by atoms with Crippen LogP contribution in [0.15, 0.2) is 42.5 Å². The van der Waals surface area contributed by atoms with Gasteiger partial charge in [0.05, 0.1) is 16.6 Å². The van der Waals surface area contributed by atoms with Gasteiger partial charge in [-0.15, -0.1) is 0 Å². The molecule has 3 aromatic rings. The summed E-state index contributed by atoms with van der Waals surface area (Å²) < 4.78 is 0. The fourth-order valence-electron chi connectivity index (χ4n) is 2.33. The van der Waals surface area contributed by atoms with Crippen molar-refractivity contribution >= 4 is 22.9 Å². The van der Waals surface area contributed by atoms with Gasteiger partial charge in [-0.05, 0) is 42.8 Å². The molecule has 0 aliphatic rings. The van der Waals surface area contributed by atoms with Gasteiger partial charge in [0, 0.05) is 12.1 Å². The lowest BCUT2D eigenvalue weighted by atomic mass is 10.1. The Morgan fingerprint density at radius 2 is 1.83 bits per heavy atom. The summed E-state index contributed by atoms with van der Waals surface area (Å²) in [5.74, 6) is -0.360. The molecule has 3 rings (SSSR count). The van der Waals surface area contributed by atoms with E-state index in [1.54, 1.807) is 30.3 Å². The van der Waals surface area contributed by atoms with E-state index in [-0.39, 0.29) is 11.5 Å². The van der Waals surface area contributed by atoms with Crippen LogP contribution >= 0.6 is 0 Å². The van der Waals surface area contributed by atoms with Gasteiger partial charge in [-0.3, -0.25) is 4.79 Å². The van der Waals surface area contributed by atoms with E-state index >= 15 is 0 Å². The van der Waals surface area contributed by atoms with Gasteiger partial charge >= 0.3 is 5.97 Å². The van der Waals surface area contributed by atoms with Crippen molar-refractivity contribution in [2.45, 2.75) is 13.5 Å². The smallest absolute Gasteiger partial charge is 0.335 e. The van der Waals surface area contributed by atoms with Gasteiger partial charge in [-0.25, -0.2) is 9.78 Å². The molecule has 0 saturated carbocycles. The summed E-state index contributed by atoms with van der Waals surface area (Å²) in [4.78, 5) is 30.4. The number of nitrogens with one attached hydrogen (secondary N) is 2. The van der Waals surface area contributed by atoms with Crippen molar-refractivity contribution in [1.29, 1.82) is 0 Å². The van der Waals surface area contributed by atoms with E-state index < -0.39 is 5.97 Å². The van der Waals surface area contributed by atoms with Crippen LogP contribution in [-0.2, 0) is 6.54 Å². The number of carboxylic acids is 1. The van der Waals surface area contributed by atoms with Crippen LogP contribution in [0.3, 0.4) is 0 Å². The molecule has 0 radical (unpaired) electrons. The number of benzene rings is 2. The third-order valence-corrected chi connectivity index (χ3v) is 3.52. The van der Waals surface area contributed by atoms with Crippen LogP contribution in [0.4, 0.5) is 0 Å². The number of nitrogens with zero attached hydrogens (tertiary/aromatic N) is 1. The van der Waals surface area contributed by atoms with Crippen molar-refractivity contribution in [2.75, 3.05) is 0 Å². The van der Waals surface area contributed by atoms with E-state index in [2.05, 4.69) is 15.3 Å². The van der Waals surface area contributed by atoms with E-state index in [0.29, 0.717) is 12.1 Å². The first kappa shape index (κ1) is 14.8. The van der Waals surface area contributed by atoms with Crippen molar-refractivity contribution in [3.63, 3.8) is 0 Å². The molecular formula is C17H15N3O3. The summed E-state index contributed by atoms with van der Waals surface area (Å²) in [7, 11) is 0. The topological polar surface area (TPSA) is 95.1 Å². The molecule has 0 spiro atoms. The quantitative estimate of drug-likeness (QED) is 0.690. The molecule has 1 aromatic heterocycles. The SMILES string of the molecule is Cc1nc2ccc(C(=O)NCc3ccc(C(=O)O)cc3)cc2[nH]1. The fourth-order valence-corrected chi connectivity index (χ4v) is 2.33. The number of carbonyl (C=O) groups excluding carboxylic acids is 1. The number of aromatic amines is 1. The normalized spacial score (nSPS) is 10.7. The molecule has 23 heavy (non-hydrogen) atoms. The van der Waals surface area contributed by atoms with Gasteiger partial charge in [0.1, 0.15) is 5.82 Å². The minimum absolute atomic E-state index is 0.193. The molecule has 116 valence electrons. The van der Waals surface area contributed by atoms with Crippen molar-refractivity contribution in [1.82, 2.24) is 15.3 Å². The van der Waals surface area contributed by atoms with Gasteiger partial charge < -0.3 is 15.4 Å². The molecule has 3 N–H and O–H groups in total. The number of aryl methyl sites for hydroxylation is 1. The van der Waals surface area contributed by atoms with Crippen molar-refractivity contribution in [3.05, 3.63) is 65.0 Å². The van der Waals surface area contributed by atoms with E-state index in [4.69, 9.17) is 5.11 Å². The zero-order valence-corrected chi connectivity index (χ0v) is 12.5. The summed E-state index contributed by atoms with van der Waals surface area (Å²) >= 11 is 0. The summed E-state index contributed by atoms with van der Waals surface area (Å²) in [6, 6.07) is 11.7. The Hall–Kier alpha value is -3.15. The number of rotatable bonds is 4. The lowest BCUT2D eigenvalue weighted by molar-refractivity contribution is 0.0696. The number of amides is 1. The molecule has 1 amide bonds. The van der Waals surface area contributed by atoms with Crippen molar-refractivity contribution < 1.29 is 14.7 Å². The maximum absolute atomic E-state index is 12.2. The Bertz CT molecular complexity index is 882. The van der Waals surface area contributed by atoms with Gasteiger partial charge in [0.2, 0.25) is 0 Å². The maximum Gasteiger partial charge on any atom is 0.335 e. The van der Waals surface area contributed by atoms with Crippen LogP contribution in [0.5, 0.6) is 0 Å². The first-order valence-electron chi connectivity index (χ1n) is 7.10. The summed E-state index contributed by atoms with van der Waals surface area (Å²) in [6.07, 6.45) is 0. The number of aromatic nitrogens is 2. The minimum atomic E-state index is -0.969. The van der Waals surface area contributed by atoms with Gasteiger partial charge in [0.15, 0.2) is 0 Å². The number of carboxylic acid groups (broad SMARTS) is 1. The number of aromatic carboxylic acids is 1. The molecule has 0 atom stereocenters. The highest BCUT2D eigenvalue weighted by molar-refractivity contribution is 5.97. The zero-order chi connectivity index (χ0) is 16.4. The second-order valence-electron chi connectivity index (χ2n) is 5.24. The largest absolute Gasteiger partial charge is 0.478 e. The molecule has 6 nitrogen and oxygen atoms in total. The van der Waals surface area contributed by atoms with E-state index in [1.807, 2.05) is 6.92 Å². The molecule has 0 bridgehead atoms. The van der Waals surface area contributed by atoms with Crippen LogP contribution in [0.25, 0.3) is 11.0 Å². The number of H-pyrrole nitrogens is 1. The molecule has 0 aliphatic carbocycles. The lowest BCUT2D eigenvalue weighted by Gasteiger charge is -2.06. The summed E-state index contributed by atoms with van der Waals surface area (Å²) in [5.41, 5.74) is 3.24. The van der Waals surface area contributed by atoms with E-state index in [1.165, 1.54) is 12.1 Å². The summed E-state index contributed by atoms with van der Waals surface area (Å²) in [5, 5.41) is 11.7. The molecule has 0 fully saturated rings. The molecule has 0 saturated heterocycles. The standard InChI is InChI=1S/C17H15N3O3/c1-10-19-14-7-6-13(8-15(14)20-10)16(21)18-9-11-2-4-12(5-3-11)17(22)23/h2-8H,9H2,1H3,(H,18,21)(H,19,20)(H,22,23). The van der Waals surface area contributed by atoms with Gasteiger partial charge in [-0.2, -0.15) is 0 Å². The maximum atomic E-state index is 12.2. The number of hydrogen-bond donors (Lipinski definition) is 3. The predicted octanol–water partition coefficient (Wildman–Crippen LogP) is 2.50. The van der Waals surface area contributed by atoms with E-state index in [0.717, 1.165) is 22.4 Å². The third kappa shape index (κ3) is 3.21. The van der Waals surface area contributed by atoms with Gasteiger partial charge in [-0.1, -0.05) is 12.1 Å². The Morgan fingerprint density at radius 1 is 1.13 bits per heavy atom. The minimum Gasteiger partial charge on any atom is -0.478 e. The lowest BCUT2D eigenvalue weighted by Crippen LogP contribution is -2.22. The number of carbonyl (C=O) groups is 2. The highest BCUT2D eigenvalue weighted by Gasteiger charge is 2.08. The molecule has 0 unspecified atom stereocenters. The second-order valence-corrected chi connectivity index (χ2v) is 5.24. The van der Waals surface area contributed by atoms with Crippen LogP contribution in [0, 0.1) is 6.92 Å². The monoisotopic (exact) mass is 309 g/mol. The van der Waals surface area contributed by atoms with E-state index in [9.17, 15) is 9.59 Å². The average Bonchev–Trinajstić information content (AvgIpc) is 2.92. The average molecular weight is 309 g/mol. The number of imidazole rings is 1. The first-order chi connectivity index (χ1) is 11.0. The Balaban J connectivity index is 1.69. The predicted molar refractivity (Wildman–Crippen MR) is 85.4 cm³/mol. The van der Waals surface area contributed by atoms with Crippen molar-refractivity contribution in [2.24, 2.45) is 0 Å². The molecule has 0 aliphatic heterocycles. The van der Waals surface area contributed by atoms with Crippen LogP contribution in [0.2, 0.25) is 0 Å². The Kier molecular flexibility index (Phi) is 3.80. The third-order valence-electron chi connectivity index (χ3n) is 3.52. The zero-order valence-electron chi connectivity index (χ0n) is 12.5. The Morgan fingerprint density at radius 3 is 2.52 bits per heavy atom. The highest BCUT2D eigenvalue weighted by atomic mass is 16.4. The number of hydrogen-bond acceptors (Lipinski definition) is 3. The number of fused-ring (bicyclic) bond motifs is 1.